The molecule has 1 aromatic rings. The molecule has 0 aliphatic carbocycles. The molecule has 0 bridgehead atoms. The summed E-state index contributed by atoms with van der Waals surface area (Å²) in [5.41, 5.74) is 1.97. The largest absolute Gasteiger partial charge is 0.388 e. The molecule has 0 atom stereocenters. The average molecular weight is 151 g/mol. The Morgan fingerprint density at radius 1 is 1.73 bits per heavy atom. The van der Waals surface area contributed by atoms with E-state index in [1.165, 1.54) is 0 Å². The van der Waals surface area contributed by atoms with Gasteiger partial charge in [0.05, 0.1) is 12.8 Å². The van der Waals surface area contributed by atoms with Crippen LogP contribution in [0.5, 0.6) is 0 Å². The normalized spacial score (nSPS) is 9.64. The van der Waals surface area contributed by atoms with Crippen LogP contribution in [0.15, 0.2) is 12.3 Å². The van der Waals surface area contributed by atoms with Crippen molar-refractivity contribution in [2.24, 2.45) is 0 Å². The fraction of sp³-hybridized carbons (Fsp3) is 0.375. The van der Waals surface area contributed by atoms with Crippen molar-refractivity contribution < 1.29 is 4.74 Å². The molecule has 0 spiro atoms. The maximum absolute atomic E-state index is 4.96. The van der Waals surface area contributed by atoms with Gasteiger partial charge in [-0.3, -0.25) is 4.98 Å². The van der Waals surface area contributed by atoms with E-state index in [9.17, 15) is 0 Å². The highest BCUT2D eigenvalue weighted by atomic mass is 16.5. The molecular weight excluding hydrogens is 140 g/mol. The summed E-state index contributed by atoms with van der Waals surface area (Å²) in [6.45, 7) is 0.546. The van der Waals surface area contributed by atoms with Crippen molar-refractivity contribution in [2.75, 3.05) is 19.5 Å². The molecule has 0 saturated carbocycles. The molecule has 11 heavy (non-hydrogen) atoms. The summed E-state index contributed by atoms with van der Waals surface area (Å²) >= 11 is 0. The highest BCUT2D eigenvalue weighted by Gasteiger charge is 1.98. The summed E-state index contributed by atoms with van der Waals surface area (Å²) in [6, 6.07) is 1.89. The van der Waals surface area contributed by atoms with Crippen LogP contribution in [0.2, 0.25) is 0 Å². The number of nitrogens with one attached hydrogen (secondary N) is 1. The van der Waals surface area contributed by atoms with Crippen molar-refractivity contribution in [1.29, 1.82) is 0 Å². The van der Waals surface area contributed by atoms with Gasteiger partial charge in [-0.15, -0.1) is 0 Å². The van der Waals surface area contributed by atoms with Crippen LogP contribution < -0.4 is 5.32 Å². The molecule has 0 unspecified atom stereocenters. The highest BCUT2D eigenvalue weighted by molar-refractivity contribution is 5.47. The summed E-state index contributed by atoms with van der Waals surface area (Å²) in [5.74, 6) is 0. The lowest BCUT2D eigenvalue weighted by atomic mass is 10.2. The molecule has 0 aliphatic heterocycles. The monoisotopic (exact) mass is 151 g/mol. The molecule has 0 aromatic carbocycles. The third-order valence-corrected chi connectivity index (χ3v) is 1.40. The smallest absolute Gasteiger partial charge is 0.0966 e. The molecule has 0 aliphatic rings. The molecule has 1 heterocycles. The maximum atomic E-state index is 4.96. The van der Waals surface area contributed by atoms with Crippen molar-refractivity contribution in [3.63, 3.8) is 0 Å². The zero-order valence-corrected chi connectivity index (χ0v) is 6.72. The lowest BCUT2D eigenvalue weighted by molar-refractivity contribution is 0.185. The lowest BCUT2D eigenvalue weighted by Gasteiger charge is -2.05. The molecule has 1 radical (unpaired) electrons. The quantitative estimate of drug-likeness (QED) is 0.701. The zero-order valence-electron chi connectivity index (χ0n) is 6.72. The van der Waals surface area contributed by atoms with Gasteiger partial charge < -0.3 is 10.1 Å². The summed E-state index contributed by atoms with van der Waals surface area (Å²) in [4.78, 5) is 3.87. The first-order valence-corrected chi connectivity index (χ1v) is 3.40. The molecule has 0 fully saturated rings. The van der Waals surface area contributed by atoms with Crippen molar-refractivity contribution >= 4 is 5.69 Å². The van der Waals surface area contributed by atoms with Gasteiger partial charge >= 0.3 is 0 Å². The van der Waals surface area contributed by atoms with Crippen LogP contribution in [0, 0.1) is 6.20 Å². The van der Waals surface area contributed by atoms with Crippen LogP contribution >= 0.6 is 0 Å². The summed E-state index contributed by atoms with van der Waals surface area (Å²) in [7, 11) is 3.52. The molecular formula is C8H11N2O. The van der Waals surface area contributed by atoms with Gasteiger partial charge in [-0.25, -0.2) is 0 Å². The Labute approximate surface area is 66.4 Å². The number of ether oxygens (including phenoxy) is 1. The van der Waals surface area contributed by atoms with Crippen molar-refractivity contribution in [3.05, 3.63) is 24.0 Å². The summed E-state index contributed by atoms with van der Waals surface area (Å²) in [6.07, 6.45) is 4.55. The number of methoxy groups -OCH3 is 1. The van der Waals surface area contributed by atoms with Crippen LogP contribution in [-0.4, -0.2) is 19.1 Å². The first-order chi connectivity index (χ1) is 5.38. The standard InChI is InChI=1S/C8H11N2O/c1-9-8-3-4-10-5-7(8)6-11-2/h3-4H,6H2,1-2H3,(H,9,10). The molecule has 0 amide bonds. The van der Waals surface area contributed by atoms with Crippen molar-refractivity contribution in [2.45, 2.75) is 6.61 Å². The third-order valence-electron chi connectivity index (χ3n) is 1.40. The number of pyridine rings is 1. The van der Waals surface area contributed by atoms with E-state index in [0.717, 1.165) is 11.3 Å². The van der Waals surface area contributed by atoms with Crippen LogP contribution in [0.3, 0.4) is 0 Å². The van der Waals surface area contributed by atoms with Crippen molar-refractivity contribution in [3.8, 4) is 0 Å². The van der Waals surface area contributed by atoms with E-state index in [1.54, 1.807) is 13.3 Å². The minimum Gasteiger partial charge on any atom is -0.388 e. The Morgan fingerprint density at radius 2 is 2.55 bits per heavy atom. The Morgan fingerprint density at radius 3 is 3.18 bits per heavy atom. The third kappa shape index (κ3) is 1.91. The maximum Gasteiger partial charge on any atom is 0.0966 e. The Kier molecular flexibility index (Phi) is 2.86. The number of anilines is 1. The number of hydrogen-bond acceptors (Lipinski definition) is 3. The van der Waals surface area contributed by atoms with Gasteiger partial charge in [0.15, 0.2) is 0 Å². The van der Waals surface area contributed by atoms with Crippen LogP contribution in [0.25, 0.3) is 0 Å². The summed E-state index contributed by atoms with van der Waals surface area (Å²) in [5, 5.41) is 3.03. The van der Waals surface area contributed by atoms with Crippen molar-refractivity contribution in [1.82, 2.24) is 4.98 Å². The van der Waals surface area contributed by atoms with Gasteiger partial charge in [-0.05, 0) is 6.07 Å². The van der Waals surface area contributed by atoms with Crippen LogP contribution in [-0.2, 0) is 11.3 Å². The van der Waals surface area contributed by atoms with Gasteiger partial charge in [0.25, 0.3) is 0 Å². The van der Waals surface area contributed by atoms with E-state index in [0.29, 0.717) is 6.61 Å². The number of aromatic nitrogens is 1. The average Bonchev–Trinajstić information content (AvgIpc) is 2.06. The fourth-order valence-corrected chi connectivity index (χ4v) is 0.876. The van der Waals surface area contributed by atoms with E-state index >= 15 is 0 Å². The summed E-state index contributed by atoms with van der Waals surface area (Å²) < 4.78 is 4.96. The van der Waals surface area contributed by atoms with Crippen LogP contribution in [0.4, 0.5) is 5.69 Å². The second-order valence-electron chi connectivity index (χ2n) is 2.13. The van der Waals surface area contributed by atoms with E-state index in [-0.39, 0.29) is 0 Å². The van der Waals surface area contributed by atoms with E-state index < -0.39 is 0 Å². The van der Waals surface area contributed by atoms with Gasteiger partial charge in [-0.1, -0.05) is 0 Å². The number of rotatable bonds is 3. The first-order valence-electron chi connectivity index (χ1n) is 3.40. The predicted octanol–water partition coefficient (Wildman–Crippen LogP) is 1.07. The molecule has 0 saturated heterocycles. The number of nitrogens with zero attached hydrogens (tertiary/aromatic N) is 1. The van der Waals surface area contributed by atoms with Gasteiger partial charge in [0.2, 0.25) is 0 Å². The van der Waals surface area contributed by atoms with E-state index in [4.69, 9.17) is 4.74 Å². The lowest BCUT2D eigenvalue weighted by Crippen LogP contribution is -1.97. The van der Waals surface area contributed by atoms with Gasteiger partial charge in [0, 0.05) is 31.6 Å². The van der Waals surface area contributed by atoms with E-state index in [2.05, 4.69) is 16.5 Å². The molecule has 3 heteroatoms. The van der Waals surface area contributed by atoms with Crippen LogP contribution in [0.1, 0.15) is 5.56 Å². The van der Waals surface area contributed by atoms with Gasteiger partial charge in [0.1, 0.15) is 0 Å². The second-order valence-corrected chi connectivity index (χ2v) is 2.13. The van der Waals surface area contributed by atoms with E-state index in [1.807, 2.05) is 13.1 Å². The Bertz CT molecular complexity index is 225. The minimum atomic E-state index is 0.546. The SMILES string of the molecule is CNc1ccn[c]c1COC. The molecule has 59 valence electrons. The second kappa shape index (κ2) is 3.93. The number of hydrogen-bond donors (Lipinski definition) is 1. The minimum absolute atomic E-state index is 0.546. The fourth-order valence-electron chi connectivity index (χ4n) is 0.876. The van der Waals surface area contributed by atoms with Gasteiger partial charge in [-0.2, -0.15) is 0 Å². The molecule has 1 aromatic heterocycles. The molecule has 1 rings (SSSR count). The molecule has 1 N–H and O–H groups in total. The zero-order chi connectivity index (χ0) is 8.10. The Balaban J connectivity index is 2.83. The first kappa shape index (κ1) is 8.01. The Hall–Kier alpha value is -1.09. The molecule has 3 nitrogen and oxygen atoms in total. The predicted molar refractivity (Wildman–Crippen MR) is 43.3 cm³/mol. The topological polar surface area (TPSA) is 34.2 Å². The highest BCUT2D eigenvalue weighted by Crippen LogP contribution is 2.11.